The van der Waals surface area contributed by atoms with Crippen LogP contribution in [0.4, 0.5) is 4.79 Å². The molecule has 1 N–H and O–H groups in total. The van der Waals surface area contributed by atoms with E-state index in [1.165, 1.54) is 0 Å². The molecule has 0 saturated carbocycles. The van der Waals surface area contributed by atoms with E-state index in [1.807, 2.05) is 0 Å². The van der Waals surface area contributed by atoms with Gasteiger partial charge in [-0.25, -0.2) is 4.79 Å². The second-order valence-corrected chi connectivity index (χ2v) is 1.54. The Kier molecular flexibility index (Phi) is 8.27. The van der Waals surface area contributed by atoms with Crippen molar-refractivity contribution in [2.24, 2.45) is 0 Å². The van der Waals surface area contributed by atoms with Crippen molar-refractivity contribution in [1.29, 1.82) is 0 Å². The van der Waals surface area contributed by atoms with Gasteiger partial charge in [-0.3, -0.25) is 4.90 Å². The van der Waals surface area contributed by atoms with Crippen molar-refractivity contribution in [1.82, 2.24) is 4.90 Å². The Morgan fingerprint density at radius 1 is 1.44 bits per heavy atom. The van der Waals surface area contributed by atoms with Crippen molar-refractivity contribution < 1.29 is 9.90 Å². The molecule has 1 amide bonds. The lowest BCUT2D eigenvalue weighted by molar-refractivity contribution is 0.160. The number of carbonyl (C=O) groups is 1. The molecule has 0 rings (SSSR count). The molecule has 3 nitrogen and oxygen atoms in total. The van der Waals surface area contributed by atoms with Gasteiger partial charge in [0.05, 0.1) is 0 Å². The van der Waals surface area contributed by atoms with Gasteiger partial charge in [0, 0.05) is 0 Å². The number of hydrogen-bond acceptors (Lipinski definition) is 1. The van der Waals surface area contributed by atoms with Crippen LogP contribution in [-0.4, -0.2) is 28.1 Å². The number of hydrogen-bond donors (Lipinski definition) is 1. The van der Waals surface area contributed by atoms with Gasteiger partial charge in [0.15, 0.2) is 0 Å². The van der Waals surface area contributed by atoms with Crippen LogP contribution in [0.15, 0.2) is 0 Å². The molecular formula is C3H6Cl3NO2. The van der Waals surface area contributed by atoms with E-state index in [2.05, 4.69) is 0 Å². The first kappa shape index (κ1) is 11.9. The van der Waals surface area contributed by atoms with E-state index in [1.54, 1.807) is 0 Å². The number of amides is 1. The zero-order valence-electron chi connectivity index (χ0n) is 4.38. The van der Waals surface area contributed by atoms with Gasteiger partial charge in [-0.15, -0.1) is 35.6 Å². The summed E-state index contributed by atoms with van der Waals surface area (Å²) in [5.74, 6) is 0. The molecule has 0 aliphatic heterocycles. The molecule has 0 spiro atoms. The average Bonchev–Trinajstić information content (AvgIpc) is 1.69. The first-order valence-electron chi connectivity index (χ1n) is 1.82. The molecule has 0 fully saturated rings. The molecule has 9 heavy (non-hydrogen) atoms. The van der Waals surface area contributed by atoms with E-state index in [0.29, 0.717) is 0 Å². The Balaban J connectivity index is 0. The van der Waals surface area contributed by atoms with Gasteiger partial charge in [0.2, 0.25) is 0 Å². The molecule has 0 atom stereocenters. The Morgan fingerprint density at radius 2 is 1.78 bits per heavy atom. The number of rotatable bonds is 2. The van der Waals surface area contributed by atoms with E-state index in [-0.39, 0.29) is 24.4 Å². The Bertz CT molecular complexity index is 85.1. The van der Waals surface area contributed by atoms with Crippen LogP contribution >= 0.6 is 35.6 Å². The fraction of sp³-hybridized carbons (Fsp3) is 0.667. The normalized spacial score (nSPS) is 7.78. The molecule has 0 saturated heterocycles. The van der Waals surface area contributed by atoms with Gasteiger partial charge in [-0.1, -0.05) is 0 Å². The molecule has 0 aromatic carbocycles. The van der Waals surface area contributed by atoms with Gasteiger partial charge in [-0.05, 0) is 0 Å². The minimum Gasteiger partial charge on any atom is -0.465 e. The van der Waals surface area contributed by atoms with Crippen LogP contribution in [0, 0.1) is 0 Å². The molecule has 0 aromatic heterocycles. The summed E-state index contributed by atoms with van der Waals surface area (Å²) >= 11 is 10.2. The van der Waals surface area contributed by atoms with E-state index in [0.717, 1.165) is 4.90 Å². The second kappa shape index (κ2) is 6.26. The minimum absolute atomic E-state index is 0. The fourth-order valence-electron chi connectivity index (χ4n) is 0.134. The highest BCUT2D eigenvalue weighted by Gasteiger charge is 2.05. The van der Waals surface area contributed by atoms with Crippen molar-refractivity contribution in [2.75, 3.05) is 12.0 Å². The standard InChI is InChI=1S/C3H5Cl2NO2.ClH/c4-1-6(2-5)3(7)8;/h1-2H2,(H,7,8);1H. The van der Waals surface area contributed by atoms with Gasteiger partial charge in [0.25, 0.3) is 0 Å². The van der Waals surface area contributed by atoms with Crippen molar-refractivity contribution in [3.05, 3.63) is 0 Å². The summed E-state index contributed by atoms with van der Waals surface area (Å²) in [6.45, 7) is 0. The van der Waals surface area contributed by atoms with E-state index in [9.17, 15) is 4.79 Å². The summed E-state index contributed by atoms with van der Waals surface area (Å²) in [7, 11) is 0. The molecule has 0 heterocycles. The summed E-state index contributed by atoms with van der Waals surface area (Å²) in [4.78, 5) is 10.8. The van der Waals surface area contributed by atoms with Gasteiger partial charge in [-0.2, -0.15) is 0 Å². The third-order valence-electron chi connectivity index (χ3n) is 0.559. The Labute approximate surface area is 68.9 Å². The summed E-state index contributed by atoms with van der Waals surface area (Å²) in [5.41, 5.74) is 0. The van der Waals surface area contributed by atoms with Crippen LogP contribution in [0.1, 0.15) is 0 Å². The van der Waals surface area contributed by atoms with Crippen molar-refractivity contribution in [3.8, 4) is 0 Å². The maximum atomic E-state index is 9.92. The van der Waals surface area contributed by atoms with Crippen LogP contribution in [0.3, 0.4) is 0 Å². The molecule has 0 aliphatic carbocycles. The van der Waals surface area contributed by atoms with Crippen LogP contribution in [-0.2, 0) is 0 Å². The predicted molar refractivity (Wildman–Crippen MR) is 38.6 cm³/mol. The molecule has 0 bridgehead atoms. The third kappa shape index (κ3) is 4.63. The summed E-state index contributed by atoms with van der Waals surface area (Å²) in [5, 5.41) is 8.13. The number of nitrogens with zero attached hydrogens (tertiary/aromatic N) is 1. The SMILES string of the molecule is Cl.O=C(O)N(CCl)CCl. The Hall–Kier alpha value is 0.140. The largest absolute Gasteiger partial charge is 0.465 e. The van der Waals surface area contributed by atoms with E-state index < -0.39 is 6.09 Å². The van der Waals surface area contributed by atoms with Crippen LogP contribution in [0.2, 0.25) is 0 Å². The van der Waals surface area contributed by atoms with E-state index >= 15 is 0 Å². The minimum atomic E-state index is -1.10. The summed E-state index contributed by atoms with van der Waals surface area (Å²) in [6, 6.07) is -0.169. The lowest BCUT2D eigenvalue weighted by Gasteiger charge is -2.09. The smallest absolute Gasteiger partial charge is 0.409 e. The average molecular weight is 194 g/mol. The predicted octanol–water partition coefficient (Wildman–Crippen LogP) is 1.78. The number of alkyl halides is 2. The molecule has 0 aliphatic rings. The molecule has 0 radical (unpaired) electrons. The molecule has 0 unspecified atom stereocenters. The zero-order valence-corrected chi connectivity index (χ0v) is 6.71. The van der Waals surface area contributed by atoms with E-state index in [4.69, 9.17) is 28.3 Å². The molecule has 6 heteroatoms. The van der Waals surface area contributed by atoms with Crippen LogP contribution < -0.4 is 0 Å². The summed E-state index contributed by atoms with van der Waals surface area (Å²) < 4.78 is 0. The number of carboxylic acid groups (broad SMARTS) is 1. The first-order chi connectivity index (χ1) is 3.72. The lowest BCUT2D eigenvalue weighted by Crippen LogP contribution is -2.26. The molecule has 0 aromatic rings. The van der Waals surface area contributed by atoms with Crippen molar-refractivity contribution >= 4 is 41.7 Å². The first-order valence-corrected chi connectivity index (χ1v) is 2.89. The highest BCUT2D eigenvalue weighted by molar-refractivity contribution is 6.21. The monoisotopic (exact) mass is 193 g/mol. The Morgan fingerprint density at radius 3 is 1.78 bits per heavy atom. The third-order valence-corrected chi connectivity index (χ3v) is 1.14. The zero-order chi connectivity index (χ0) is 6.57. The van der Waals surface area contributed by atoms with Gasteiger partial charge < -0.3 is 5.11 Å². The number of halogens is 3. The van der Waals surface area contributed by atoms with Gasteiger partial charge >= 0.3 is 6.09 Å². The maximum Gasteiger partial charge on any atom is 0.409 e. The van der Waals surface area contributed by atoms with Crippen molar-refractivity contribution in [3.63, 3.8) is 0 Å². The van der Waals surface area contributed by atoms with Crippen molar-refractivity contribution in [2.45, 2.75) is 0 Å². The topological polar surface area (TPSA) is 40.5 Å². The van der Waals surface area contributed by atoms with Crippen LogP contribution in [0.5, 0.6) is 0 Å². The highest BCUT2D eigenvalue weighted by Crippen LogP contribution is 1.92. The fourth-order valence-corrected chi connectivity index (χ4v) is 0.594. The molecule has 56 valence electrons. The van der Waals surface area contributed by atoms with Gasteiger partial charge in [0.1, 0.15) is 12.0 Å². The highest BCUT2D eigenvalue weighted by atomic mass is 35.5. The quantitative estimate of drug-likeness (QED) is 0.538. The molecular weight excluding hydrogens is 188 g/mol. The van der Waals surface area contributed by atoms with Crippen LogP contribution in [0.25, 0.3) is 0 Å². The second-order valence-electron chi connectivity index (χ2n) is 1.06. The maximum absolute atomic E-state index is 9.92. The lowest BCUT2D eigenvalue weighted by atomic mass is 10.9. The summed E-state index contributed by atoms with van der Waals surface area (Å²) in [6.07, 6.45) is -1.10.